The van der Waals surface area contributed by atoms with Crippen molar-refractivity contribution in [1.29, 1.82) is 0 Å². The Hall–Kier alpha value is -3.54. The zero-order valence-corrected chi connectivity index (χ0v) is 14.8. The molecule has 3 aromatic heterocycles. The van der Waals surface area contributed by atoms with Gasteiger partial charge in [-0.05, 0) is 36.4 Å². The van der Waals surface area contributed by atoms with E-state index in [9.17, 15) is 4.79 Å². The van der Waals surface area contributed by atoms with E-state index in [1.165, 1.54) is 0 Å². The lowest BCUT2D eigenvalue weighted by atomic mass is 10.0. The Bertz CT molecular complexity index is 1080. The number of hydrogen-bond donors (Lipinski definition) is 0. The highest BCUT2D eigenvalue weighted by atomic mass is 16.3. The molecule has 4 heterocycles. The first kappa shape index (κ1) is 15.7. The molecule has 5 rings (SSSR count). The molecule has 0 saturated heterocycles. The highest BCUT2D eigenvalue weighted by Crippen LogP contribution is 2.38. The van der Waals surface area contributed by atoms with Gasteiger partial charge in [0.15, 0.2) is 0 Å². The van der Waals surface area contributed by atoms with Crippen LogP contribution in [0.15, 0.2) is 77.7 Å². The van der Waals surface area contributed by atoms with Gasteiger partial charge in [-0.25, -0.2) is 4.98 Å². The highest BCUT2D eigenvalue weighted by Gasteiger charge is 2.38. The van der Waals surface area contributed by atoms with Crippen LogP contribution in [-0.2, 0) is 6.54 Å². The lowest BCUT2D eigenvalue weighted by Gasteiger charge is -2.42. The van der Waals surface area contributed by atoms with Gasteiger partial charge in [0.25, 0.3) is 5.91 Å². The highest BCUT2D eigenvalue weighted by molar-refractivity contribution is 6.01. The molecule has 1 aromatic carbocycles. The molecule has 0 radical (unpaired) electrons. The van der Waals surface area contributed by atoms with Crippen molar-refractivity contribution in [2.24, 2.45) is 0 Å². The van der Waals surface area contributed by atoms with Gasteiger partial charge in [0.2, 0.25) is 0 Å². The Balaban J connectivity index is 1.66. The number of carbonyl (C=O) groups excluding carboxylic acids is 1. The molecule has 0 spiro atoms. The maximum Gasteiger partial charge on any atom is 0.258 e. The first-order chi connectivity index (χ1) is 13.2. The SMILES string of the molecule is CN1c2ccccc2C(=O)N(Cc2ccco2)[C@H]1c1cn2ccccc2n1. The number of anilines is 1. The summed E-state index contributed by atoms with van der Waals surface area (Å²) in [6, 6.07) is 17.3. The monoisotopic (exact) mass is 358 g/mol. The number of nitrogens with zero attached hydrogens (tertiary/aromatic N) is 4. The van der Waals surface area contributed by atoms with E-state index in [2.05, 4.69) is 4.90 Å². The topological polar surface area (TPSA) is 54.0 Å². The van der Waals surface area contributed by atoms with E-state index in [4.69, 9.17) is 9.40 Å². The van der Waals surface area contributed by atoms with Gasteiger partial charge in [0.1, 0.15) is 23.3 Å². The van der Waals surface area contributed by atoms with Crippen molar-refractivity contribution >= 4 is 17.2 Å². The minimum atomic E-state index is -0.322. The maximum absolute atomic E-state index is 13.3. The average Bonchev–Trinajstić information content (AvgIpc) is 3.35. The third-order valence-electron chi connectivity index (χ3n) is 4.99. The van der Waals surface area contributed by atoms with E-state index in [1.54, 1.807) is 6.26 Å². The van der Waals surface area contributed by atoms with Crippen LogP contribution >= 0.6 is 0 Å². The fourth-order valence-electron chi connectivity index (χ4n) is 3.73. The number of benzene rings is 1. The summed E-state index contributed by atoms with van der Waals surface area (Å²) in [5.74, 6) is 0.715. The maximum atomic E-state index is 13.3. The van der Waals surface area contributed by atoms with Crippen molar-refractivity contribution in [2.75, 3.05) is 11.9 Å². The molecule has 0 saturated carbocycles. The number of rotatable bonds is 3. The fourth-order valence-corrected chi connectivity index (χ4v) is 3.73. The van der Waals surface area contributed by atoms with E-state index < -0.39 is 0 Å². The molecule has 4 aromatic rings. The summed E-state index contributed by atoms with van der Waals surface area (Å²) in [4.78, 5) is 22.0. The van der Waals surface area contributed by atoms with Gasteiger partial charge in [-0.1, -0.05) is 18.2 Å². The zero-order valence-electron chi connectivity index (χ0n) is 14.8. The molecule has 0 N–H and O–H groups in total. The van der Waals surface area contributed by atoms with Gasteiger partial charge >= 0.3 is 0 Å². The normalized spacial score (nSPS) is 16.8. The number of pyridine rings is 1. The van der Waals surface area contributed by atoms with Gasteiger partial charge in [-0.2, -0.15) is 0 Å². The summed E-state index contributed by atoms with van der Waals surface area (Å²) >= 11 is 0. The van der Waals surface area contributed by atoms with Crippen LogP contribution in [0.4, 0.5) is 5.69 Å². The molecule has 1 atom stereocenters. The van der Waals surface area contributed by atoms with E-state index in [-0.39, 0.29) is 12.1 Å². The van der Waals surface area contributed by atoms with E-state index >= 15 is 0 Å². The number of imidazole rings is 1. The summed E-state index contributed by atoms with van der Waals surface area (Å²) < 4.78 is 7.48. The molecule has 27 heavy (non-hydrogen) atoms. The van der Waals surface area contributed by atoms with E-state index in [0.717, 1.165) is 22.8 Å². The molecular formula is C21H18N4O2. The van der Waals surface area contributed by atoms with Gasteiger partial charge in [0, 0.05) is 19.4 Å². The van der Waals surface area contributed by atoms with Crippen LogP contribution in [0.1, 0.15) is 28.0 Å². The number of hydrogen-bond acceptors (Lipinski definition) is 4. The van der Waals surface area contributed by atoms with Crippen LogP contribution < -0.4 is 4.90 Å². The van der Waals surface area contributed by atoms with Crippen molar-refractivity contribution < 1.29 is 9.21 Å². The average molecular weight is 358 g/mol. The lowest BCUT2D eigenvalue weighted by Crippen LogP contribution is -2.47. The van der Waals surface area contributed by atoms with Crippen molar-refractivity contribution in [1.82, 2.24) is 14.3 Å². The fraction of sp³-hybridized carbons (Fsp3) is 0.143. The molecule has 6 nitrogen and oxygen atoms in total. The molecule has 1 aliphatic heterocycles. The van der Waals surface area contributed by atoms with Crippen molar-refractivity contribution in [2.45, 2.75) is 12.7 Å². The zero-order chi connectivity index (χ0) is 18.4. The largest absolute Gasteiger partial charge is 0.467 e. The number of carbonyl (C=O) groups is 1. The number of aromatic nitrogens is 2. The van der Waals surface area contributed by atoms with Crippen molar-refractivity contribution in [3.63, 3.8) is 0 Å². The summed E-state index contributed by atoms with van der Waals surface area (Å²) in [5.41, 5.74) is 3.26. The predicted octanol–water partition coefficient (Wildman–Crippen LogP) is 3.72. The van der Waals surface area contributed by atoms with Gasteiger partial charge < -0.3 is 18.6 Å². The molecule has 1 aliphatic rings. The van der Waals surface area contributed by atoms with Crippen LogP contribution in [0.25, 0.3) is 5.65 Å². The standard InChI is InChI=1S/C21H18N4O2/c1-23-18-9-3-2-8-16(18)21(26)25(13-15-7-6-12-27-15)20(23)17-14-24-11-5-4-10-19(24)22-17/h2-12,14,20H,13H2,1H3/t20-/m0/s1. The van der Waals surface area contributed by atoms with Gasteiger partial charge in [-0.15, -0.1) is 0 Å². The first-order valence-electron chi connectivity index (χ1n) is 8.81. The second-order valence-corrected chi connectivity index (χ2v) is 6.65. The molecule has 1 amide bonds. The van der Waals surface area contributed by atoms with Crippen LogP contribution in [0.5, 0.6) is 0 Å². The molecule has 0 bridgehead atoms. The summed E-state index contributed by atoms with van der Waals surface area (Å²) in [6.45, 7) is 0.378. The van der Waals surface area contributed by atoms with Crippen LogP contribution in [0.2, 0.25) is 0 Å². The Kier molecular flexibility index (Phi) is 3.50. The van der Waals surface area contributed by atoms with E-state index in [0.29, 0.717) is 12.1 Å². The minimum absolute atomic E-state index is 0.0258. The number of fused-ring (bicyclic) bond motifs is 2. The molecular weight excluding hydrogens is 340 g/mol. The molecule has 0 aliphatic carbocycles. The van der Waals surface area contributed by atoms with Gasteiger partial charge in [0.05, 0.1) is 24.1 Å². The van der Waals surface area contributed by atoms with Crippen LogP contribution in [-0.4, -0.2) is 27.2 Å². The lowest BCUT2D eigenvalue weighted by molar-refractivity contribution is 0.0615. The number of amides is 1. The second kappa shape index (κ2) is 6.02. The molecule has 134 valence electrons. The van der Waals surface area contributed by atoms with Crippen LogP contribution in [0, 0.1) is 0 Å². The Morgan fingerprint density at radius 1 is 1.07 bits per heavy atom. The first-order valence-corrected chi connectivity index (χ1v) is 8.81. The number of para-hydroxylation sites is 1. The Morgan fingerprint density at radius 2 is 1.93 bits per heavy atom. The summed E-state index contributed by atoms with van der Waals surface area (Å²) in [7, 11) is 2.00. The smallest absolute Gasteiger partial charge is 0.258 e. The third-order valence-corrected chi connectivity index (χ3v) is 4.99. The predicted molar refractivity (Wildman–Crippen MR) is 101 cm³/mol. The Labute approximate surface area is 156 Å². The van der Waals surface area contributed by atoms with Gasteiger partial charge in [-0.3, -0.25) is 4.79 Å². The van der Waals surface area contributed by atoms with E-state index in [1.807, 2.05) is 83.3 Å². The van der Waals surface area contributed by atoms with Crippen molar-refractivity contribution in [3.05, 3.63) is 90.3 Å². The quantitative estimate of drug-likeness (QED) is 0.560. The molecule has 0 unspecified atom stereocenters. The second-order valence-electron chi connectivity index (χ2n) is 6.65. The molecule has 6 heteroatoms. The third kappa shape index (κ3) is 2.49. The molecule has 0 fully saturated rings. The van der Waals surface area contributed by atoms with Crippen LogP contribution in [0.3, 0.4) is 0 Å². The number of furan rings is 1. The summed E-state index contributed by atoms with van der Waals surface area (Å²) in [6.07, 6.45) is 5.24. The Morgan fingerprint density at radius 3 is 2.74 bits per heavy atom. The minimum Gasteiger partial charge on any atom is -0.467 e. The van der Waals surface area contributed by atoms with Crippen molar-refractivity contribution in [3.8, 4) is 0 Å². The summed E-state index contributed by atoms with van der Waals surface area (Å²) in [5, 5.41) is 0.